The molecule has 0 bridgehead atoms. The van der Waals surface area contributed by atoms with Crippen molar-refractivity contribution in [3.8, 4) is 0 Å². The number of phosphoric acid groups is 3. The van der Waals surface area contributed by atoms with Crippen molar-refractivity contribution in [1.82, 2.24) is 19.5 Å². The van der Waals surface area contributed by atoms with Gasteiger partial charge in [-0.15, -0.1) is 0 Å². The van der Waals surface area contributed by atoms with E-state index in [2.05, 4.69) is 28.1 Å². The molecule has 32 heavy (non-hydrogen) atoms. The second kappa shape index (κ2) is 10.1. The van der Waals surface area contributed by atoms with Gasteiger partial charge in [-0.3, -0.25) is 9.09 Å². The molecule has 0 saturated carbocycles. The van der Waals surface area contributed by atoms with Crippen molar-refractivity contribution in [2.24, 2.45) is 0 Å². The number of aliphatic hydroxyl groups excluding tert-OH is 2. The van der Waals surface area contributed by atoms with Crippen molar-refractivity contribution in [3.63, 3.8) is 0 Å². The molecule has 0 amide bonds. The van der Waals surface area contributed by atoms with E-state index < -0.39 is 54.6 Å². The summed E-state index contributed by atoms with van der Waals surface area (Å²) in [5.41, 5.74) is 6.00. The first kappa shape index (κ1) is 27.9. The largest absolute Gasteiger partial charge is 0.490 e. The summed E-state index contributed by atoms with van der Waals surface area (Å²) in [6, 6.07) is 0. The molecule has 175 valence electrons. The number of phosphoric ester groups is 1. The number of hydrogen-bond acceptors (Lipinski definition) is 13. The molecule has 1 aliphatic rings. The zero-order valence-electron chi connectivity index (χ0n) is 15.9. The Bertz CT molecular complexity index is 1110. The van der Waals surface area contributed by atoms with Gasteiger partial charge in [0, 0.05) is 29.6 Å². The first-order valence-corrected chi connectivity index (χ1v) is 12.4. The van der Waals surface area contributed by atoms with Crippen LogP contribution in [0.25, 0.3) is 11.2 Å². The number of aromatic nitrogens is 4. The van der Waals surface area contributed by atoms with Crippen LogP contribution in [0.1, 0.15) is 6.23 Å². The van der Waals surface area contributed by atoms with E-state index in [0.717, 1.165) is 6.33 Å². The van der Waals surface area contributed by atoms with Crippen LogP contribution in [0.3, 0.4) is 0 Å². The number of hydrogen-bond donors (Lipinski definition) is 7. The first-order chi connectivity index (χ1) is 14.2. The average Bonchev–Trinajstić information content (AvgIpc) is 3.13. The number of imidazole rings is 1. The minimum Gasteiger partial charge on any atom is -0.387 e. The quantitative estimate of drug-likeness (QED) is 0.109. The molecule has 2 unspecified atom stereocenters. The van der Waals surface area contributed by atoms with Crippen LogP contribution < -0.4 is 5.73 Å². The topological polar surface area (TPSA) is 279 Å². The van der Waals surface area contributed by atoms with Gasteiger partial charge in [0.25, 0.3) is 0 Å². The maximum Gasteiger partial charge on any atom is 0.490 e. The van der Waals surface area contributed by atoms with Crippen molar-refractivity contribution in [1.29, 1.82) is 0 Å². The summed E-state index contributed by atoms with van der Waals surface area (Å²) < 4.78 is 51.9. The van der Waals surface area contributed by atoms with Crippen LogP contribution >= 0.6 is 23.5 Å². The fraction of sp³-hybridized carbons (Fsp3) is 0.500. The summed E-state index contributed by atoms with van der Waals surface area (Å²) in [6.45, 7) is -0.956. The maximum absolute atomic E-state index is 11.8. The first-order valence-electron chi connectivity index (χ1n) is 7.92. The number of nitrogens with two attached hydrogens (primary N) is 1. The summed E-state index contributed by atoms with van der Waals surface area (Å²) in [6.07, 6.45) is -3.69. The Balaban J connectivity index is 0.00000363. The van der Waals surface area contributed by atoms with Crippen molar-refractivity contribution in [2.45, 2.75) is 24.5 Å². The second-order valence-corrected chi connectivity index (χ2v) is 10.4. The van der Waals surface area contributed by atoms with Crippen LogP contribution in [0.4, 0.5) is 5.82 Å². The molecule has 0 spiro atoms. The van der Waals surface area contributed by atoms with Crippen molar-refractivity contribution in [2.75, 3.05) is 12.3 Å². The number of aliphatic hydroxyl groups is 2. The molecular formula is C10H16N5NaO13P3. The summed E-state index contributed by atoms with van der Waals surface area (Å²) in [7, 11) is -16.7. The molecule has 8 N–H and O–H groups in total. The third kappa shape index (κ3) is 6.61. The van der Waals surface area contributed by atoms with E-state index in [4.69, 9.17) is 25.2 Å². The Kier molecular flexibility index (Phi) is 8.80. The molecule has 2 aromatic rings. The smallest absolute Gasteiger partial charge is 0.387 e. The Morgan fingerprint density at radius 1 is 1.25 bits per heavy atom. The Morgan fingerprint density at radius 3 is 2.53 bits per heavy atom. The van der Waals surface area contributed by atoms with Crippen LogP contribution in [0, 0.1) is 0 Å². The van der Waals surface area contributed by atoms with Crippen LogP contribution in [0.5, 0.6) is 0 Å². The van der Waals surface area contributed by atoms with Gasteiger partial charge in [-0.05, 0) is 0 Å². The molecule has 1 saturated heterocycles. The SMILES string of the molecule is Nc1ncnc2c1ncn2[C@@H]1O[C@H](COP(=O)(O)OP(=O)(O)[18O]P(=[18O])([18OH])[18OH])[C@@H](O)[C@H]1O.[Na]. The van der Waals surface area contributed by atoms with E-state index in [0.29, 0.717) is 0 Å². The molecule has 1 fully saturated rings. The van der Waals surface area contributed by atoms with E-state index in [1.165, 1.54) is 10.9 Å². The molecule has 6 atom stereocenters. The molecule has 3 heterocycles. The fourth-order valence-electron chi connectivity index (χ4n) is 2.62. The Labute approximate surface area is 200 Å². The molecule has 0 aliphatic carbocycles. The van der Waals surface area contributed by atoms with Crippen LogP contribution in [0.15, 0.2) is 12.7 Å². The van der Waals surface area contributed by atoms with E-state index in [9.17, 15) is 28.8 Å². The van der Waals surface area contributed by atoms with Gasteiger partial charge in [0.05, 0.1) is 12.9 Å². The van der Waals surface area contributed by atoms with Crippen molar-refractivity contribution in [3.05, 3.63) is 12.7 Å². The van der Waals surface area contributed by atoms with Gasteiger partial charge in [0.15, 0.2) is 17.7 Å². The van der Waals surface area contributed by atoms with Gasteiger partial charge in [-0.25, -0.2) is 28.6 Å². The molecule has 22 heteroatoms. The van der Waals surface area contributed by atoms with E-state index in [1.807, 2.05) is 0 Å². The number of rotatable bonds is 8. The number of nitrogen functional groups attached to an aromatic ring is 1. The summed E-state index contributed by atoms with van der Waals surface area (Å²) in [4.78, 5) is 47.2. The van der Waals surface area contributed by atoms with Gasteiger partial charge in [-0.1, -0.05) is 0 Å². The number of ether oxygens (including phenoxy) is 1. The van der Waals surface area contributed by atoms with Crippen molar-refractivity contribution < 1.29 is 61.4 Å². The van der Waals surface area contributed by atoms with Crippen LogP contribution in [-0.4, -0.2) is 104 Å². The van der Waals surface area contributed by atoms with E-state index in [-0.39, 0.29) is 46.5 Å². The number of fused-ring (bicyclic) bond motifs is 1. The van der Waals surface area contributed by atoms with Gasteiger partial charge >= 0.3 is 23.5 Å². The third-order valence-corrected chi connectivity index (χ3v) is 7.62. The molecule has 3 rings (SSSR count). The molecule has 2 aromatic heterocycles. The maximum atomic E-state index is 11.8. The van der Waals surface area contributed by atoms with Crippen LogP contribution in [-0.2, 0) is 31.6 Å². The van der Waals surface area contributed by atoms with Crippen LogP contribution in [0.2, 0.25) is 0 Å². The van der Waals surface area contributed by atoms with Gasteiger partial charge in [-0.2, -0.15) is 8.62 Å². The summed E-state index contributed by atoms with van der Waals surface area (Å²) in [5, 5.41) is 20.4. The minimum absolute atomic E-state index is 0. The Hall–Kier alpha value is -0.360. The summed E-state index contributed by atoms with van der Waals surface area (Å²) >= 11 is 0. The minimum atomic E-state index is -5.70. The molecule has 18 nitrogen and oxygen atoms in total. The molecule has 0 aromatic carbocycles. The monoisotopic (exact) mass is 538 g/mol. The normalized spacial score (nSPS) is 27.6. The zero-order valence-corrected chi connectivity index (χ0v) is 20.6. The van der Waals surface area contributed by atoms with Gasteiger partial charge in [0.1, 0.15) is 30.2 Å². The second-order valence-electron chi connectivity index (χ2n) is 6.02. The fourth-order valence-corrected chi connectivity index (χ4v) is 5.65. The molecule has 1 aliphatic heterocycles. The van der Waals surface area contributed by atoms with Gasteiger partial charge < -0.3 is 40.3 Å². The van der Waals surface area contributed by atoms with Crippen molar-refractivity contribution >= 4 is 70.0 Å². The predicted octanol–water partition coefficient (Wildman–Crippen LogP) is -2.01. The summed E-state index contributed by atoms with van der Waals surface area (Å²) in [5.74, 6) is 0.0426. The van der Waals surface area contributed by atoms with E-state index >= 15 is 0 Å². The predicted molar refractivity (Wildman–Crippen MR) is 101 cm³/mol. The number of nitrogens with zero attached hydrogens (tertiary/aromatic N) is 4. The van der Waals surface area contributed by atoms with E-state index in [1.54, 1.807) is 0 Å². The van der Waals surface area contributed by atoms with Gasteiger partial charge in [0.2, 0.25) is 0 Å². The standard InChI is InChI=1S/C10H16N5O13P3.Na/c11-8-5-9(13-2-12-8)15(3-14-5)10-7(17)6(16)4(26-10)1-25-30(21,22)28-31(23,24)27-29(18,19)20;/h2-4,6-7,10,16-17H,1H2,(H,21,22)(H,23,24)(H2,11,12,13)(H2,18,19,20);/t4-,6-,7-,10-;/m1./s1/i18+2,19+2,20+2,27+2;. The third-order valence-electron chi connectivity index (χ3n) is 3.82. The average molecular weight is 538 g/mol. The molecule has 1 radical (unpaired) electrons. The molecular weight excluding hydrogens is 522 g/mol. The zero-order chi connectivity index (χ0) is 23.2. The Morgan fingerprint density at radius 2 is 1.91 bits per heavy atom. The number of anilines is 1.